The molecule has 0 saturated heterocycles. The Kier molecular flexibility index (Phi) is 5.84. The maximum absolute atomic E-state index is 13.5. The number of benzene rings is 2. The van der Waals surface area contributed by atoms with Gasteiger partial charge in [-0.3, -0.25) is 0 Å². The predicted octanol–water partition coefficient (Wildman–Crippen LogP) is 6.12. The molecule has 7 heteroatoms. The van der Waals surface area contributed by atoms with Gasteiger partial charge < -0.3 is 14.8 Å². The number of ether oxygens (including phenoxy) is 2. The van der Waals surface area contributed by atoms with Crippen molar-refractivity contribution in [2.45, 2.75) is 45.4 Å². The molecule has 3 nitrogen and oxygen atoms in total. The number of nitrogens with one attached hydrogen (secondary N) is 1. The summed E-state index contributed by atoms with van der Waals surface area (Å²) in [5.41, 5.74) is 3.12. The van der Waals surface area contributed by atoms with Crippen molar-refractivity contribution < 1.29 is 22.6 Å². The molecule has 0 radical (unpaired) electrons. The number of aryl methyl sites for hydroxylation is 2. The molecule has 0 aliphatic heterocycles. The van der Waals surface area contributed by atoms with Crippen LogP contribution in [0, 0.1) is 13.8 Å². The highest BCUT2D eigenvalue weighted by Gasteiger charge is 2.35. The third-order valence-corrected chi connectivity index (χ3v) is 5.19. The van der Waals surface area contributed by atoms with Gasteiger partial charge in [0.15, 0.2) is 0 Å². The molecule has 0 aromatic heterocycles. The van der Waals surface area contributed by atoms with Crippen LogP contribution in [0.3, 0.4) is 0 Å². The van der Waals surface area contributed by atoms with Crippen LogP contribution in [0.2, 0.25) is 0 Å². The summed E-state index contributed by atoms with van der Waals surface area (Å²) in [6.45, 7) is 3.43. The van der Waals surface area contributed by atoms with Crippen LogP contribution in [0.4, 0.5) is 18.9 Å². The first-order valence-electron chi connectivity index (χ1n) is 8.98. The minimum atomic E-state index is -4.48. The van der Waals surface area contributed by atoms with Crippen LogP contribution in [0.25, 0.3) is 0 Å². The molecule has 1 aliphatic carbocycles. The Balaban J connectivity index is 1.94. The van der Waals surface area contributed by atoms with Crippen molar-refractivity contribution in [3.8, 4) is 5.75 Å². The van der Waals surface area contributed by atoms with E-state index in [1.54, 1.807) is 13.8 Å². The normalized spacial score (nSPS) is 13.9. The van der Waals surface area contributed by atoms with Crippen LogP contribution in [-0.2, 0) is 17.5 Å². The third kappa shape index (κ3) is 4.58. The lowest BCUT2D eigenvalue weighted by molar-refractivity contribution is -0.139. The van der Waals surface area contributed by atoms with Crippen molar-refractivity contribution in [2.24, 2.45) is 0 Å². The van der Waals surface area contributed by atoms with Gasteiger partial charge in [0.25, 0.3) is 5.17 Å². The summed E-state index contributed by atoms with van der Waals surface area (Å²) in [4.78, 5) is 0. The van der Waals surface area contributed by atoms with Crippen LogP contribution < -0.4 is 10.1 Å². The van der Waals surface area contributed by atoms with Crippen LogP contribution >= 0.6 is 12.2 Å². The summed E-state index contributed by atoms with van der Waals surface area (Å²) < 4.78 is 51.2. The van der Waals surface area contributed by atoms with E-state index in [2.05, 4.69) is 5.32 Å². The summed E-state index contributed by atoms with van der Waals surface area (Å²) >= 11 is 5.08. The number of anilines is 1. The zero-order chi connectivity index (χ0) is 20.5. The molecule has 0 unspecified atom stereocenters. The number of thiocarbonyl (C=S) groups is 1. The maximum atomic E-state index is 13.5. The smallest absolute Gasteiger partial charge is 0.419 e. The second-order valence-corrected chi connectivity index (χ2v) is 7.35. The highest BCUT2D eigenvalue weighted by Crippen LogP contribution is 2.44. The van der Waals surface area contributed by atoms with Gasteiger partial charge in [-0.25, -0.2) is 0 Å². The van der Waals surface area contributed by atoms with Crippen molar-refractivity contribution in [2.75, 3.05) is 12.4 Å². The van der Waals surface area contributed by atoms with Crippen LogP contribution in [0.5, 0.6) is 5.75 Å². The minimum Gasteiger partial charge on any atom is -0.488 e. The molecule has 0 bridgehead atoms. The van der Waals surface area contributed by atoms with Gasteiger partial charge in [0.1, 0.15) is 12.4 Å². The lowest BCUT2D eigenvalue weighted by atomic mass is 10.0. The lowest BCUT2D eigenvalue weighted by Gasteiger charge is -2.19. The molecule has 0 atom stereocenters. The van der Waals surface area contributed by atoms with E-state index in [0.717, 1.165) is 35.6 Å². The van der Waals surface area contributed by atoms with E-state index < -0.39 is 11.7 Å². The molecule has 150 valence electrons. The fraction of sp³-hybridized carbons (Fsp3) is 0.381. The summed E-state index contributed by atoms with van der Waals surface area (Å²) in [6, 6.07) is 8.29. The molecule has 0 heterocycles. The molecular weight excluding hydrogens is 387 g/mol. The van der Waals surface area contributed by atoms with Gasteiger partial charge in [0.2, 0.25) is 0 Å². The second-order valence-electron chi connectivity index (χ2n) is 6.98. The fourth-order valence-electron chi connectivity index (χ4n) is 3.10. The molecule has 0 amide bonds. The summed E-state index contributed by atoms with van der Waals surface area (Å²) in [6.07, 6.45) is -2.37. The molecule has 0 spiro atoms. The van der Waals surface area contributed by atoms with E-state index in [1.807, 2.05) is 18.2 Å². The average Bonchev–Trinajstić information content (AvgIpc) is 3.46. The standard InChI is InChI=1S/C21H22F3NO2S/c1-12-9-17(21(22,23)24)19(10-13(12)2)27-11-16-15(14-7-8-14)5-4-6-18(16)25-20(28)26-3/h4-6,9-10,14H,7-8,11H2,1-3H3,(H,25,28). The molecule has 2 aromatic rings. The van der Waals surface area contributed by atoms with E-state index >= 15 is 0 Å². The molecule has 2 aromatic carbocycles. The van der Waals surface area contributed by atoms with Crippen LogP contribution in [0.15, 0.2) is 30.3 Å². The number of methoxy groups -OCH3 is 1. The number of hydrogen-bond acceptors (Lipinski definition) is 3. The zero-order valence-electron chi connectivity index (χ0n) is 15.9. The SMILES string of the molecule is COC(=S)Nc1cccc(C2CC2)c1COc1cc(C)c(C)cc1C(F)(F)F. The van der Waals surface area contributed by atoms with Gasteiger partial charge in [-0.1, -0.05) is 12.1 Å². The topological polar surface area (TPSA) is 30.5 Å². The summed E-state index contributed by atoms with van der Waals surface area (Å²) in [7, 11) is 1.46. The summed E-state index contributed by atoms with van der Waals surface area (Å²) in [5, 5.41) is 3.18. The molecule has 28 heavy (non-hydrogen) atoms. The summed E-state index contributed by atoms with van der Waals surface area (Å²) in [5.74, 6) is 0.236. The highest BCUT2D eigenvalue weighted by molar-refractivity contribution is 7.80. The Morgan fingerprint density at radius 3 is 2.46 bits per heavy atom. The molecule has 1 aliphatic rings. The van der Waals surface area contributed by atoms with E-state index in [-0.39, 0.29) is 17.5 Å². The molecule has 1 N–H and O–H groups in total. The lowest BCUT2D eigenvalue weighted by Crippen LogP contribution is -2.15. The van der Waals surface area contributed by atoms with Crippen molar-refractivity contribution in [3.63, 3.8) is 0 Å². The van der Waals surface area contributed by atoms with E-state index in [4.69, 9.17) is 21.7 Å². The van der Waals surface area contributed by atoms with Gasteiger partial charge in [-0.05, 0) is 79.7 Å². The van der Waals surface area contributed by atoms with Gasteiger partial charge in [-0.15, -0.1) is 0 Å². The quantitative estimate of drug-likeness (QED) is 0.603. The maximum Gasteiger partial charge on any atom is 0.419 e. The largest absolute Gasteiger partial charge is 0.488 e. The first-order chi connectivity index (χ1) is 13.2. The first-order valence-corrected chi connectivity index (χ1v) is 9.39. The fourth-order valence-corrected chi connectivity index (χ4v) is 3.21. The Hall–Kier alpha value is -2.28. The van der Waals surface area contributed by atoms with Crippen molar-refractivity contribution >= 4 is 23.1 Å². The van der Waals surface area contributed by atoms with E-state index in [1.165, 1.54) is 13.2 Å². The Bertz CT molecular complexity index is 892. The highest BCUT2D eigenvalue weighted by atomic mass is 32.1. The third-order valence-electron chi connectivity index (χ3n) is 4.92. The van der Waals surface area contributed by atoms with Crippen molar-refractivity contribution in [1.29, 1.82) is 0 Å². The molecule has 1 fully saturated rings. The number of hydrogen-bond donors (Lipinski definition) is 1. The molecule has 3 rings (SSSR count). The Morgan fingerprint density at radius 2 is 1.86 bits per heavy atom. The van der Waals surface area contributed by atoms with Crippen molar-refractivity contribution in [3.05, 3.63) is 58.1 Å². The molecule has 1 saturated carbocycles. The molecular formula is C21H22F3NO2S. The van der Waals surface area contributed by atoms with Crippen molar-refractivity contribution in [1.82, 2.24) is 0 Å². The first kappa shape index (κ1) is 20.5. The number of halogens is 3. The zero-order valence-corrected chi connectivity index (χ0v) is 16.8. The van der Waals surface area contributed by atoms with Gasteiger partial charge in [-0.2, -0.15) is 13.2 Å². The van der Waals surface area contributed by atoms with E-state index in [0.29, 0.717) is 17.2 Å². The number of rotatable bonds is 5. The second kappa shape index (κ2) is 7.99. The average molecular weight is 409 g/mol. The van der Waals surface area contributed by atoms with Gasteiger partial charge in [0.05, 0.1) is 12.7 Å². The van der Waals surface area contributed by atoms with Crippen LogP contribution in [0.1, 0.15) is 46.6 Å². The predicted molar refractivity (Wildman–Crippen MR) is 107 cm³/mol. The van der Waals surface area contributed by atoms with Crippen LogP contribution in [-0.4, -0.2) is 12.3 Å². The Labute approximate surface area is 167 Å². The minimum absolute atomic E-state index is 0.00686. The van der Waals surface area contributed by atoms with Gasteiger partial charge >= 0.3 is 6.18 Å². The Morgan fingerprint density at radius 1 is 1.18 bits per heavy atom. The van der Waals surface area contributed by atoms with Gasteiger partial charge in [0, 0.05) is 11.3 Å². The van der Waals surface area contributed by atoms with E-state index in [9.17, 15) is 13.2 Å². The monoisotopic (exact) mass is 409 g/mol. The number of alkyl halides is 3.